The zero-order chi connectivity index (χ0) is 0. The van der Waals surface area contributed by atoms with Gasteiger partial charge in [-0.05, 0) is 0 Å². The number of rotatable bonds is 0. The fraction of sp³-hybridized carbons (Fsp3) is 0. The first-order chi connectivity index (χ1) is 0. The van der Waals surface area contributed by atoms with Crippen molar-refractivity contribution in [1.29, 1.82) is 0 Å². The third-order valence-electron chi connectivity index (χ3n) is 0. The van der Waals surface area contributed by atoms with Crippen molar-refractivity contribution in [2.24, 2.45) is 0 Å². The molecule has 0 N–H and O–H groups in total. The van der Waals surface area contributed by atoms with Gasteiger partial charge in [0.1, 0.15) is 0 Å². The largest absolute Gasteiger partial charge is 1.00 e. The fourth-order valence-corrected chi connectivity index (χ4v) is 0. The zero-order valence-electron chi connectivity index (χ0n) is 5.13. The molecule has 0 spiro atoms. The summed E-state index contributed by atoms with van der Waals surface area (Å²) in [4.78, 5) is 0. The molecule has 7 heteroatoms. The molecule has 0 fully saturated rings. The van der Waals surface area contributed by atoms with Crippen LogP contribution >= 0.6 is 0 Å². The summed E-state index contributed by atoms with van der Waals surface area (Å²) in [5.74, 6) is 0. The number of halogens is 3. The molecule has 24 valence electrons. The third-order valence-corrected chi connectivity index (χ3v) is 0. The van der Waals surface area contributed by atoms with Gasteiger partial charge in [-0.1, -0.05) is 0 Å². The summed E-state index contributed by atoms with van der Waals surface area (Å²) in [6.07, 6.45) is 0. The minimum Gasteiger partial charge on any atom is -1.00 e. The van der Waals surface area contributed by atoms with Gasteiger partial charge in [-0.3, -0.25) is 0 Å². The molecule has 0 saturated heterocycles. The van der Waals surface area contributed by atoms with Crippen molar-refractivity contribution in [1.82, 2.24) is 0 Å². The summed E-state index contributed by atoms with van der Waals surface area (Å²) < 4.78 is 0. The standard InChI is InChI=1S/3FH.2K.Li.Na/h3*1H;;;;/q;;;4*+1/p-3. The second-order valence-electron chi connectivity index (χ2n) is 0. The van der Waals surface area contributed by atoms with Crippen LogP contribution in [0.25, 0.3) is 0 Å². The summed E-state index contributed by atoms with van der Waals surface area (Å²) in [6, 6.07) is 0. The topological polar surface area (TPSA) is 0 Å². The maximum atomic E-state index is 0. The maximum absolute atomic E-state index is 0. The predicted molar refractivity (Wildman–Crippen MR) is 0 cm³/mol. The van der Waals surface area contributed by atoms with Gasteiger partial charge in [-0.2, -0.15) is 0 Å². The van der Waals surface area contributed by atoms with Crippen molar-refractivity contribution >= 4 is 0 Å². The first kappa shape index (κ1) is 61.0. The normalized spacial score (nSPS) is 0. The van der Waals surface area contributed by atoms with Crippen LogP contribution in [0.1, 0.15) is 0 Å². The van der Waals surface area contributed by atoms with Crippen molar-refractivity contribution in [3.8, 4) is 0 Å². The van der Waals surface area contributed by atoms with Gasteiger partial charge in [0, 0.05) is 0 Å². The Balaban J connectivity index is 0. The van der Waals surface area contributed by atoms with Gasteiger partial charge in [0.25, 0.3) is 0 Å². The van der Waals surface area contributed by atoms with E-state index in [1.165, 1.54) is 0 Å². The summed E-state index contributed by atoms with van der Waals surface area (Å²) in [5, 5.41) is 0. The third kappa shape index (κ3) is 36.8. The smallest absolute Gasteiger partial charge is 1.00 e. The van der Waals surface area contributed by atoms with E-state index in [-0.39, 0.29) is 165 Å². The Kier molecular flexibility index (Phi) is 399. The van der Waals surface area contributed by atoms with Crippen LogP contribution in [-0.2, 0) is 0 Å². The molecule has 0 aliphatic carbocycles. The molecule has 0 saturated carbocycles. The Labute approximate surface area is 160 Å². The summed E-state index contributed by atoms with van der Waals surface area (Å²) >= 11 is 0. The molecule has 0 bridgehead atoms. The van der Waals surface area contributed by atoms with E-state index in [9.17, 15) is 0 Å². The number of hydrogen-bond donors (Lipinski definition) is 0. The molecule has 0 aliphatic heterocycles. The van der Waals surface area contributed by atoms with Crippen LogP contribution < -0.4 is 165 Å². The molecule has 0 nitrogen and oxygen atoms in total. The van der Waals surface area contributed by atoms with Crippen molar-refractivity contribution in [2.75, 3.05) is 0 Å². The molecule has 0 aliphatic rings. The molecule has 0 rings (SSSR count). The van der Waals surface area contributed by atoms with Crippen LogP contribution in [0.5, 0.6) is 0 Å². The molecule has 0 amide bonds. The molecular weight excluding hydrogens is 165 g/mol. The van der Waals surface area contributed by atoms with E-state index in [4.69, 9.17) is 0 Å². The number of hydrogen-bond acceptors (Lipinski definition) is 0. The molecule has 0 aromatic heterocycles. The quantitative estimate of drug-likeness (QED) is 0.313. The average Bonchev–Trinajstić information content (AvgIpc) is 0. The zero-order valence-corrected chi connectivity index (χ0v) is 13.4. The van der Waals surface area contributed by atoms with E-state index < -0.39 is 0 Å². The van der Waals surface area contributed by atoms with Crippen LogP contribution in [0.2, 0.25) is 0 Å². The first-order valence-electron chi connectivity index (χ1n) is 0. The maximum Gasteiger partial charge on any atom is 1.00 e. The summed E-state index contributed by atoms with van der Waals surface area (Å²) in [6.45, 7) is 0. The molecule has 0 unspecified atom stereocenters. The Morgan fingerprint density at radius 2 is 0.571 bits per heavy atom. The molecule has 0 aromatic rings. The minimum absolute atomic E-state index is 0. The van der Waals surface area contributed by atoms with Gasteiger partial charge in [0.05, 0.1) is 0 Å². The predicted octanol–water partition coefficient (Wildman–Crippen LogP) is -21.0. The van der Waals surface area contributed by atoms with Crippen molar-refractivity contribution < 1.29 is 165 Å². The van der Waals surface area contributed by atoms with Gasteiger partial charge in [-0.25, -0.2) is 0 Å². The van der Waals surface area contributed by atoms with Gasteiger partial charge in [-0.15, -0.1) is 0 Å². The van der Waals surface area contributed by atoms with E-state index in [1.54, 1.807) is 0 Å². The molecule has 0 atom stereocenters. The average molecular weight is 165 g/mol. The second kappa shape index (κ2) is 45.8. The summed E-state index contributed by atoms with van der Waals surface area (Å²) in [7, 11) is 0. The van der Waals surface area contributed by atoms with Crippen molar-refractivity contribution in [2.45, 2.75) is 0 Å². The van der Waals surface area contributed by atoms with Crippen LogP contribution in [0.15, 0.2) is 0 Å². The second-order valence-corrected chi connectivity index (χ2v) is 0. The minimum atomic E-state index is 0. The fourth-order valence-electron chi connectivity index (χ4n) is 0. The Morgan fingerprint density at radius 3 is 0.571 bits per heavy atom. The monoisotopic (exact) mass is 165 g/mol. The van der Waals surface area contributed by atoms with E-state index in [1.807, 2.05) is 0 Å². The molecule has 7 heavy (non-hydrogen) atoms. The van der Waals surface area contributed by atoms with Crippen LogP contribution in [0.3, 0.4) is 0 Å². The molecule has 0 heterocycles. The van der Waals surface area contributed by atoms with Gasteiger partial charge >= 0.3 is 151 Å². The Morgan fingerprint density at radius 1 is 0.571 bits per heavy atom. The van der Waals surface area contributed by atoms with E-state index in [0.29, 0.717) is 0 Å². The van der Waals surface area contributed by atoms with Crippen molar-refractivity contribution in [3.05, 3.63) is 0 Å². The molecular formula is F3K2LiNa+. The summed E-state index contributed by atoms with van der Waals surface area (Å²) in [5.41, 5.74) is 0. The first-order valence-corrected chi connectivity index (χ1v) is 0. The van der Waals surface area contributed by atoms with Gasteiger partial charge in [0.15, 0.2) is 0 Å². The van der Waals surface area contributed by atoms with E-state index in [2.05, 4.69) is 0 Å². The Hall–Kier alpha value is 4.66. The molecule has 0 radical (unpaired) electrons. The van der Waals surface area contributed by atoms with Crippen LogP contribution in [0.4, 0.5) is 0 Å². The molecule has 0 aromatic carbocycles. The Bertz CT molecular complexity index is 12.9. The van der Waals surface area contributed by atoms with Crippen LogP contribution in [0, 0.1) is 0 Å². The van der Waals surface area contributed by atoms with Crippen molar-refractivity contribution in [3.63, 3.8) is 0 Å². The van der Waals surface area contributed by atoms with Crippen LogP contribution in [-0.4, -0.2) is 0 Å². The van der Waals surface area contributed by atoms with E-state index >= 15 is 0 Å². The van der Waals surface area contributed by atoms with E-state index in [0.717, 1.165) is 0 Å². The van der Waals surface area contributed by atoms with Gasteiger partial charge in [0.2, 0.25) is 0 Å². The van der Waals surface area contributed by atoms with Gasteiger partial charge < -0.3 is 14.1 Å². The SMILES string of the molecule is [F-].[F-].[F-].[K+].[K+].[Li+].[Na+].